The van der Waals surface area contributed by atoms with E-state index < -0.39 is 0 Å². The van der Waals surface area contributed by atoms with Crippen molar-refractivity contribution in [1.29, 1.82) is 0 Å². The van der Waals surface area contributed by atoms with E-state index in [9.17, 15) is 4.79 Å². The molecule has 1 amide bonds. The first-order valence-electron chi connectivity index (χ1n) is 11.4. The van der Waals surface area contributed by atoms with Crippen molar-refractivity contribution >= 4 is 22.8 Å². The lowest BCUT2D eigenvalue weighted by Crippen LogP contribution is -2.38. The molecule has 3 heterocycles. The number of ether oxygens (including phenoxy) is 1. The van der Waals surface area contributed by atoms with Gasteiger partial charge in [-0.1, -0.05) is 32.0 Å². The van der Waals surface area contributed by atoms with Crippen LogP contribution in [-0.4, -0.2) is 66.1 Å². The summed E-state index contributed by atoms with van der Waals surface area (Å²) in [4.78, 5) is 30.9. The predicted octanol–water partition coefficient (Wildman–Crippen LogP) is 3.05. The van der Waals surface area contributed by atoms with Gasteiger partial charge in [-0.2, -0.15) is 0 Å². The Balaban J connectivity index is 1.54. The van der Waals surface area contributed by atoms with Crippen molar-refractivity contribution < 1.29 is 9.53 Å². The molecule has 1 fully saturated rings. The number of para-hydroxylation sites is 1. The maximum Gasteiger partial charge on any atom is 0.252 e. The van der Waals surface area contributed by atoms with Crippen LogP contribution in [-0.2, 0) is 11.3 Å². The van der Waals surface area contributed by atoms with Crippen LogP contribution in [0.1, 0.15) is 41.6 Å². The summed E-state index contributed by atoms with van der Waals surface area (Å²) in [5, 5.41) is 3.89. The molecule has 3 aromatic rings. The molecule has 1 aromatic carbocycles. The van der Waals surface area contributed by atoms with E-state index in [2.05, 4.69) is 34.0 Å². The molecule has 1 aliphatic rings. The smallest absolute Gasteiger partial charge is 0.252 e. The van der Waals surface area contributed by atoms with Gasteiger partial charge in [0.05, 0.1) is 23.4 Å². The maximum atomic E-state index is 13.0. The summed E-state index contributed by atoms with van der Waals surface area (Å²) in [5.74, 6) is 1.00. The van der Waals surface area contributed by atoms with E-state index in [1.807, 2.05) is 61.7 Å². The number of fused-ring (bicyclic) bond motifs is 1. The second kappa shape index (κ2) is 10.2. The van der Waals surface area contributed by atoms with E-state index in [4.69, 9.17) is 9.72 Å². The minimum absolute atomic E-state index is 0.0747. The number of hydrogen-bond donors (Lipinski definition) is 1. The van der Waals surface area contributed by atoms with Gasteiger partial charge < -0.3 is 15.0 Å². The van der Waals surface area contributed by atoms with Crippen LogP contribution in [0.25, 0.3) is 10.9 Å². The van der Waals surface area contributed by atoms with Crippen LogP contribution in [0.2, 0.25) is 0 Å². The normalized spacial score (nSPS) is 16.8. The van der Waals surface area contributed by atoms with E-state index in [0.29, 0.717) is 37.1 Å². The number of carbonyl (C=O) groups is 1. The Morgan fingerprint density at radius 1 is 1.24 bits per heavy atom. The van der Waals surface area contributed by atoms with Gasteiger partial charge in [0.1, 0.15) is 6.10 Å². The molecule has 1 N–H and O–H groups in total. The molecular formula is C25H32N6O2. The Labute approximate surface area is 195 Å². The SMILES string of the molecule is CC(C)CNC(=O)c1cc([C@H]2CN(Cc3cnc(N(C)C)nc3)CCO2)nc2ccccc12. The van der Waals surface area contributed by atoms with Gasteiger partial charge in [0.25, 0.3) is 5.91 Å². The zero-order valence-electron chi connectivity index (χ0n) is 19.8. The van der Waals surface area contributed by atoms with Crippen molar-refractivity contribution in [3.8, 4) is 0 Å². The summed E-state index contributed by atoms with van der Waals surface area (Å²) in [5.41, 5.74) is 3.29. The predicted molar refractivity (Wildman–Crippen MR) is 129 cm³/mol. The number of hydrogen-bond acceptors (Lipinski definition) is 7. The Kier molecular flexibility index (Phi) is 7.15. The summed E-state index contributed by atoms with van der Waals surface area (Å²) in [6.07, 6.45) is 3.54. The number of amides is 1. The van der Waals surface area contributed by atoms with Gasteiger partial charge in [-0.05, 0) is 18.1 Å². The highest BCUT2D eigenvalue weighted by Gasteiger charge is 2.25. The van der Waals surface area contributed by atoms with Gasteiger partial charge >= 0.3 is 0 Å². The second-order valence-corrected chi connectivity index (χ2v) is 9.10. The van der Waals surface area contributed by atoms with Crippen LogP contribution in [0, 0.1) is 5.92 Å². The van der Waals surface area contributed by atoms with Gasteiger partial charge in [0, 0.05) is 63.6 Å². The molecule has 1 aliphatic heterocycles. The van der Waals surface area contributed by atoms with E-state index in [-0.39, 0.29) is 12.0 Å². The van der Waals surface area contributed by atoms with Crippen molar-refractivity contribution in [2.24, 2.45) is 5.92 Å². The van der Waals surface area contributed by atoms with E-state index in [1.165, 1.54) is 0 Å². The summed E-state index contributed by atoms with van der Waals surface area (Å²) in [7, 11) is 3.85. The van der Waals surface area contributed by atoms with Crippen LogP contribution in [0.15, 0.2) is 42.7 Å². The highest BCUT2D eigenvalue weighted by molar-refractivity contribution is 6.06. The zero-order valence-corrected chi connectivity index (χ0v) is 19.8. The number of aromatic nitrogens is 3. The van der Waals surface area contributed by atoms with E-state index in [1.54, 1.807) is 0 Å². The summed E-state index contributed by atoms with van der Waals surface area (Å²) in [6.45, 7) is 7.65. The molecule has 0 unspecified atom stereocenters. The van der Waals surface area contributed by atoms with Crippen LogP contribution >= 0.6 is 0 Å². The largest absolute Gasteiger partial charge is 0.369 e. The molecule has 2 aromatic heterocycles. The number of benzene rings is 1. The van der Waals surface area contributed by atoms with Crippen molar-refractivity contribution in [2.45, 2.75) is 26.5 Å². The Bertz CT molecular complexity index is 1100. The third kappa shape index (κ3) is 5.64. The van der Waals surface area contributed by atoms with Crippen molar-refractivity contribution in [1.82, 2.24) is 25.2 Å². The molecule has 8 nitrogen and oxygen atoms in total. The molecule has 4 rings (SSSR count). The van der Waals surface area contributed by atoms with Crippen molar-refractivity contribution in [3.63, 3.8) is 0 Å². The highest BCUT2D eigenvalue weighted by atomic mass is 16.5. The Hall–Kier alpha value is -3.10. The van der Waals surface area contributed by atoms with Gasteiger partial charge in [0.15, 0.2) is 0 Å². The molecule has 8 heteroatoms. The maximum absolute atomic E-state index is 13.0. The molecule has 1 saturated heterocycles. The summed E-state index contributed by atoms with van der Waals surface area (Å²) < 4.78 is 6.09. The van der Waals surface area contributed by atoms with Gasteiger partial charge in [0.2, 0.25) is 5.95 Å². The molecule has 174 valence electrons. The minimum atomic E-state index is -0.207. The van der Waals surface area contributed by atoms with Crippen LogP contribution in [0.4, 0.5) is 5.95 Å². The molecule has 1 atom stereocenters. The Morgan fingerprint density at radius 2 is 2.00 bits per heavy atom. The van der Waals surface area contributed by atoms with E-state index in [0.717, 1.165) is 35.2 Å². The molecule has 0 saturated carbocycles. The molecule has 0 radical (unpaired) electrons. The summed E-state index contributed by atoms with van der Waals surface area (Å²) >= 11 is 0. The lowest BCUT2D eigenvalue weighted by Gasteiger charge is -2.32. The number of carbonyl (C=O) groups excluding carboxylic acids is 1. The first-order chi connectivity index (χ1) is 15.9. The first kappa shape index (κ1) is 23.1. The molecule has 0 bridgehead atoms. The quantitative estimate of drug-likeness (QED) is 0.595. The van der Waals surface area contributed by atoms with E-state index >= 15 is 0 Å². The third-order valence-electron chi connectivity index (χ3n) is 5.63. The van der Waals surface area contributed by atoms with Gasteiger partial charge in [-0.15, -0.1) is 0 Å². The topological polar surface area (TPSA) is 83.5 Å². The molecule has 0 aliphatic carbocycles. The summed E-state index contributed by atoms with van der Waals surface area (Å²) in [6, 6.07) is 9.66. The fourth-order valence-electron chi connectivity index (χ4n) is 3.88. The number of nitrogens with one attached hydrogen (secondary N) is 1. The number of pyridine rings is 1. The van der Waals surface area contributed by atoms with Crippen LogP contribution in [0.3, 0.4) is 0 Å². The van der Waals surface area contributed by atoms with Gasteiger partial charge in [-0.25, -0.2) is 15.0 Å². The fraction of sp³-hybridized carbons (Fsp3) is 0.440. The highest BCUT2D eigenvalue weighted by Crippen LogP contribution is 2.27. The minimum Gasteiger partial charge on any atom is -0.369 e. The number of nitrogens with zero attached hydrogens (tertiary/aromatic N) is 5. The average Bonchev–Trinajstić information content (AvgIpc) is 2.82. The molecule has 0 spiro atoms. The molecule has 33 heavy (non-hydrogen) atoms. The zero-order chi connectivity index (χ0) is 23.4. The number of rotatable bonds is 7. The van der Waals surface area contributed by atoms with Crippen molar-refractivity contribution in [2.75, 3.05) is 45.2 Å². The number of anilines is 1. The second-order valence-electron chi connectivity index (χ2n) is 9.10. The lowest BCUT2D eigenvalue weighted by molar-refractivity contribution is -0.0349. The molecular weight excluding hydrogens is 416 g/mol. The van der Waals surface area contributed by atoms with Crippen LogP contribution < -0.4 is 10.2 Å². The van der Waals surface area contributed by atoms with Crippen LogP contribution in [0.5, 0.6) is 0 Å². The standard InChI is InChI=1S/C25H32N6O2/c1-17(2)12-26-24(32)20-11-22(29-21-8-6-5-7-19(20)21)23-16-31(9-10-33-23)15-18-13-27-25(28-14-18)30(3)4/h5-8,11,13-14,17,23H,9-10,12,15-16H2,1-4H3,(H,26,32)/t23-/m1/s1. The number of morpholine rings is 1. The fourth-order valence-corrected chi connectivity index (χ4v) is 3.88. The monoisotopic (exact) mass is 448 g/mol. The van der Waals surface area contributed by atoms with Gasteiger partial charge in [-0.3, -0.25) is 9.69 Å². The Morgan fingerprint density at radius 3 is 2.73 bits per heavy atom. The van der Waals surface area contributed by atoms with Crippen molar-refractivity contribution in [3.05, 3.63) is 59.5 Å². The average molecular weight is 449 g/mol. The third-order valence-corrected chi connectivity index (χ3v) is 5.63. The first-order valence-corrected chi connectivity index (χ1v) is 11.4. The lowest BCUT2D eigenvalue weighted by atomic mass is 10.0.